The highest BCUT2D eigenvalue weighted by Crippen LogP contribution is 2.29. The maximum absolute atomic E-state index is 13.6. The van der Waals surface area contributed by atoms with E-state index in [0.29, 0.717) is 13.1 Å². The molecular weight excluding hydrogens is 269 g/mol. The van der Waals surface area contributed by atoms with Crippen LogP contribution in [0.4, 0.5) is 15.8 Å². The number of hydrogen-bond acceptors (Lipinski definition) is 5. The number of anilines is 1. The van der Waals surface area contributed by atoms with Crippen LogP contribution in [0.2, 0.25) is 0 Å². The number of nitro groups is 1. The number of hydrogen-bond donors (Lipinski definition) is 2. The molecule has 1 fully saturated rings. The van der Waals surface area contributed by atoms with Crippen LogP contribution >= 0.6 is 0 Å². The van der Waals surface area contributed by atoms with E-state index in [4.69, 9.17) is 5.11 Å². The molecule has 2 rings (SSSR count). The molecule has 8 heteroatoms. The van der Waals surface area contributed by atoms with Crippen molar-refractivity contribution in [1.82, 2.24) is 5.01 Å². The van der Waals surface area contributed by atoms with Crippen LogP contribution < -0.4 is 5.43 Å². The predicted molar refractivity (Wildman–Crippen MR) is 69.1 cm³/mol. The van der Waals surface area contributed by atoms with Crippen LogP contribution in [-0.2, 0) is 0 Å². The lowest BCUT2D eigenvalue weighted by atomic mass is 10.1. The Kier molecular flexibility index (Phi) is 4.14. The minimum atomic E-state index is -1.53. The number of halogens is 1. The van der Waals surface area contributed by atoms with Crippen molar-refractivity contribution in [2.75, 3.05) is 18.5 Å². The van der Waals surface area contributed by atoms with Crippen molar-refractivity contribution in [2.24, 2.45) is 0 Å². The Balaban J connectivity index is 2.33. The number of rotatable bonds is 4. The summed E-state index contributed by atoms with van der Waals surface area (Å²) in [5, 5.41) is 21.5. The van der Waals surface area contributed by atoms with Crippen molar-refractivity contribution in [1.29, 1.82) is 0 Å². The standard InChI is InChI=1S/C12H14FN3O4/c13-9-7-10(14-15-4-2-1-3-5-15)11(16(19)20)6-8(9)12(17)18/h6-7,14H,1-5H2,(H,17,18). The van der Waals surface area contributed by atoms with Crippen LogP contribution in [0.25, 0.3) is 0 Å². The van der Waals surface area contributed by atoms with Crippen molar-refractivity contribution >= 4 is 17.3 Å². The van der Waals surface area contributed by atoms with E-state index in [1.807, 2.05) is 0 Å². The van der Waals surface area contributed by atoms with E-state index < -0.39 is 28.0 Å². The third-order valence-electron chi connectivity index (χ3n) is 3.15. The highest BCUT2D eigenvalue weighted by Gasteiger charge is 2.23. The van der Waals surface area contributed by atoms with E-state index in [1.165, 1.54) is 0 Å². The summed E-state index contributed by atoms with van der Waals surface area (Å²) in [7, 11) is 0. The van der Waals surface area contributed by atoms with Crippen LogP contribution in [0.15, 0.2) is 12.1 Å². The summed E-state index contributed by atoms with van der Waals surface area (Å²) < 4.78 is 13.6. The van der Waals surface area contributed by atoms with Gasteiger partial charge in [-0.15, -0.1) is 0 Å². The lowest BCUT2D eigenvalue weighted by Gasteiger charge is -2.27. The highest BCUT2D eigenvalue weighted by atomic mass is 19.1. The fraction of sp³-hybridized carbons (Fsp3) is 0.417. The van der Waals surface area contributed by atoms with Gasteiger partial charge in [0.2, 0.25) is 0 Å². The zero-order valence-corrected chi connectivity index (χ0v) is 10.6. The van der Waals surface area contributed by atoms with Crippen LogP contribution in [0.5, 0.6) is 0 Å². The molecule has 1 heterocycles. The number of carboxylic acid groups (broad SMARTS) is 1. The zero-order valence-electron chi connectivity index (χ0n) is 10.6. The van der Waals surface area contributed by atoms with Gasteiger partial charge in [0.15, 0.2) is 0 Å². The number of piperidine rings is 1. The molecule has 0 bridgehead atoms. The van der Waals surface area contributed by atoms with Crippen molar-refractivity contribution in [3.63, 3.8) is 0 Å². The van der Waals surface area contributed by atoms with Gasteiger partial charge in [-0.1, -0.05) is 6.42 Å². The molecule has 1 aliphatic rings. The molecule has 20 heavy (non-hydrogen) atoms. The normalized spacial score (nSPS) is 15.8. The molecule has 0 aromatic heterocycles. The van der Waals surface area contributed by atoms with E-state index in [-0.39, 0.29) is 5.69 Å². The van der Waals surface area contributed by atoms with E-state index in [1.54, 1.807) is 5.01 Å². The molecule has 1 saturated heterocycles. The summed E-state index contributed by atoms with van der Waals surface area (Å²) in [5.41, 5.74) is 1.61. The average Bonchev–Trinajstić information content (AvgIpc) is 2.39. The number of nitro benzene ring substituents is 1. The van der Waals surface area contributed by atoms with E-state index in [9.17, 15) is 19.3 Å². The monoisotopic (exact) mass is 283 g/mol. The van der Waals surface area contributed by atoms with Crippen molar-refractivity contribution in [3.05, 3.63) is 33.6 Å². The Morgan fingerprint density at radius 3 is 2.55 bits per heavy atom. The first-order chi connectivity index (χ1) is 9.49. The van der Waals surface area contributed by atoms with Crippen LogP contribution in [0, 0.1) is 15.9 Å². The quantitative estimate of drug-likeness (QED) is 0.650. The molecule has 0 saturated carbocycles. The number of carbonyl (C=O) groups is 1. The lowest BCUT2D eigenvalue weighted by molar-refractivity contribution is -0.384. The van der Waals surface area contributed by atoms with Crippen molar-refractivity contribution < 1.29 is 19.2 Å². The molecule has 0 amide bonds. The summed E-state index contributed by atoms with van der Waals surface area (Å²) in [6.07, 6.45) is 3.00. The van der Waals surface area contributed by atoms with Crippen LogP contribution in [-0.4, -0.2) is 34.1 Å². The van der Waals surface area contributed by atoms with Gasteiger partial charge >= 0.3 is 5.97 Å². The second-order valence-corrected chi connectivity index (χ2v) is 4.57. The first-order valence-electron chi connectivity index (χ1n) is 6.22. The van der Waals surface area contributed by atoms with E-state index in [2.05, 4.69) is 5.43 Å². The molecule has 0 spiro atoms. The van der Waals surface area contributed by atoms with E-state index >= 15 is 0 Å². The summed E-state index contributed by atoms with van der Waals surface area (Å²) in [5.74, 6) is -2.53. The molecule has 1 aromatic rings. The first kappa shape index (κ1) is 14.2. The summed E-state index contributed by atoms with van der Waals surface area (Å²) in [6.45, 7) is 1.42. The highest BCUT2D eigenvalue weighted by molar-refractivity contribution is 5.90. The fourth-order valence-electron chi connectivity index (χ4n) is 2.14. The third kappa shape index (κ3) is 3.02. The molecule has 108 valence electrons. The van der Waals surface area contributed by atoms with Crippen molar-refractivity contribution in [3.8, 4) is 0 Å². The zero-order chi connectivity index (χ0) is 14.7. The Labute approximate surface area is 114 Å². The second kappa shape index (κ2) is 5.83. The summed E-state index contributed by atoms with van der Waals surface area (Å²) >= 11 is 0. The van der Waals surface area contributed by atoms with Gasteiger partial charge in [0, 0.05) is 25.2 Å². The van der Waals surface area contributed by atoms with E-state index in [0.717, 1.165) is 31.4 Å². The number of hydrazine groups is 1. The molecule has 0 radical (unpaired) electrons. The van der Waals surface area contributed by atoms with Gasteiger partial charge in [-0.25, -0.2) is 14.2 Å². The van der Waals surface area contributed by atoms with Gasteiger partial charge in [0.25, 0.3) is 5.69 Å². The Hall–Kier alpha value is -2.22. The van der Waals surface area contributed by atoms with Gasteiger partial charge in [-0.2, -0.15) is 0 Å². The molecule has 0 atom stereocenters. The van der Waals surface area contributed by atoms with Gasteiger partial charge in [-0.05, 0) is 12.8 Å². The minimum absolute atomic E-state index is 0.0283. The summed E-state index contributed by atoms with van der Waals surface area (Å²) in [4.78, 5) is 21.1. The number of nitrogens with one attached hydrogen (secondary N) is 1. The Bertz CT molecular complexity index is 544. The van der Waals surface area contributed by atoms with Crippen LogP contribution in [0.3, 0.4) is 0 Å². The molecular formula is C12H14FN3O4. The molecule has 0 aliphatic carbocycles. The third-order valence-corrected chi connectivity index (χ3v) is 3.15. The minimum Gasteiger partial charge on any atom is -0.478 e. The number of carboxylic acids is 1. The smallest absolute Gasteiger partial charge is 0.338 e. The summed E-state index contributed by atoms with van der Waals surface area (Å²) in [6, 6.07) is 1.60. The predicted octanol–water partition coefficient (Wildman–Crippen LogP) is 2.24. The lowest BCUT2D eigenvalue weighted by Crippen LogP contribution is -2.35. The largest absolute Gasteiger partial charge is 0.478 e. The maximum Gasteiger partial charge on any atom is 0.338 e. The molecule has 1 aliphatic heterocycles. The van der Waals surface area contributed by atoms with Gasteiger partial charge in [0.05, 0.1) is 4.92 Å². The van der Waals surface area contributed by atoms with Gasteiger partial charge in [0.1, 0.15) is 17.1 Å². The van der Waals surface area contributed by atoms with Gasteiger partial charge in [-0.3, -0.25) is 10.1 Å². The molecule has 1 aromatic carbocycles. The number of nitrogens with zero attached hydrogens (tertiary/aromatic N) is 2. The number of benzene rings is 1. The molecule has 2 N–H and O–H groups in total. The SMILES string of the molecule is O=C(O)c1cc([N+](=O)[O-])c(NN2CCCCC2)cc1F. The Morgan fingerprint density at radius 1 is 1.35 bits per heavy atom. The average molecular weight is 283 g/mol. The van der Waals surface area contributed by atoms with Crippen LogP contribution in [0.1, 0.15) is 29.6 Å². The fourth-order valence-corrected chi connectivity index (χ4v) is 2.14. The maximum atomic E-state index is 13.6. The molecule has 0 unspecified atom stereocenters. The Morgan fingerprint density at radius 2 is 2.00 bits per heavy atom. The van der Waals surface area contributed by atoms with Crippen molar-refractivity contribution in [2.45, 2.75) is 19.3 Å². The second-order valence-electron chi connectivity index (χ2n) is 4.57. The van der Waals surface area contributed by atoms with Gasteiger partial charge < -0.3 is 10.5 Å². The molecule has 7 nitrogen and oxygen atoms in total. The topological polar surface area (TPSA) is 95.7 Å². The number of aromatic carboxylic acids is 1. The first-order valence-corrected chi connectivity index (χ1v) is 6.22.